The predicted octanol–water partition coefficient (Wildman–Crippen LogP) is 4.81. The van der Waals surface area contributed by atoms with E-state index in [9.17, 15) is 0 Å². The standard InChI is InChI=1S/C11H10ClIS/c1-2-7-4-10-8(3-9(7)6-12)5-11(13)14-10/h3-5H,2,6H2,1H3. The zero-order chi connectivity index (χ0) is 10.1. The van der Waals surface area contributed by atoms with E-state index in [0.29, 0.717) is 5.88 Å². The fraction of sp³-hybridized carbons (Fsp3) is 0.273. The van der Waals surface area contributed by atoms with Gasteiger partial charge >= 0.3 is 0 Å². The van der Waals surface area contributed by atoms with Gasteiger partial charge in [0.25, 0.3) is 0 Å². The van der Waals surface area contributed by atoms with Gasteiger partial charge in [-0.3, -0.25) is 0 Å². The Morgan fingerprint density at radius 2 is 2.07 bits per heavy atom. The molecule has 2 rings (SSSR count). The van der Waals surface area contributed by atoms with E-state index in [2.05, 4.69) is 47.7 Å². The molecule has 0 bridgehead atoms. The highest BCUT2D eigenvalue weighted by Gasteiger charge is 2.05. The van der Waals surface area contributed by atoms with Gasteiger partial charge in [0.1, 0.15) is 0 Å². The summed E-state index contributed by atoms with van der Waals surface area (Å²) in [6.07, 6.45) is 1.06. The molecule has 0 radical (unpaired) electrons. The van der Waals surface area contributed by atoms with Crippen LogP contribution >= 0.6 is 45.5 Å². The number of alkyl halides is 1. The molecular formula is C11H10ClIS. The Kier molecular flexibility index (Phi) is 3.34. The summed E-state index contributed by atoms with van der Waals surface area (Å²) in [5, 5.41) is 1.33. The van der Waals surface area contributed by atoms with Gasteiger partial charge in [-0.1, -0.05) is 6.92 Å². The molecule has 0 unspecified atom stereocenters. The molecule has 0 atom stereocenters. The Bertz CT molecular complexity index is 421. The zero-order valence-electron chi connectivity index (χ0n) is 7.81. The van der Waals surface area contributed by atoms with Crippen molar-refractivity contribution in [1.29, 1.82) is 0 Å². The lowest BCUT2D eigenvalue weighted by atomic mass is 10.0. The summed E-state index contributed by atoms with van der Waals surface area (Å²) in [6.45, 7) is 2.18. The van der Waals surface area contributed by atoms with Crippen LogP contribution in [0.2, 0.25) is 0 Å². The molecule has 0 fully saturated rings. The number of aryl methyl sites for hydroxylation is 1. The van der Waals surface area contributed by atoms with Crippen LogP contribution in [0.25, 0.3) is 10.1 Å². The molecule has 2 aromatic rings. The Morgan fingerprint density at radius 3 is 2.71 bits per heavy atom. The van der Waals surface area contributed by atoms with Gasteiger partial charge < -0.3 is 0 Å². The van der Waals surface area contributed by atoms with Crippen LogP contribution in [0.15, 0.2) is 18.2 Å². The van der Waals surface area contributed by atoms with Crippen molar-refractivity contribution in [3.8, 4) is 0 Å². The number of hydrogen-bond donors (Lipinski definition) is 0. The Balaban J connectivity index is 2.68. The molecule has 0 amide bonds. The second-order valence-electron chi connectivity index (χ2n) is 3.20. The normalized spacial score (nSPS) is 11.1. The van der Waals surface area contributed by atoms with Crippen molar-refractivity contribution >= 4 is 55.6 Å². The summed E-state index contributed by atoms with van der Waals surface area (Å²) in [5.74, 6) is 0.617. The molecular weight excluding hydrogens is 327 g/mol. The second-order valence-corrected chi connectivity index (χ2v) is 6.44. The van der Waals surface area contributed by atoms with Crippen LogP contribution in [-0.4, -0.2) is 0 Å². The number of benzene rings is 1. The van der Waals surface area contributed by atoms with Crippen molar-refractivity contribution < 1.29 is 0 Å². The Labute approximate surface area is 106 Å². The third-order valence-corrected chi connectivity index (χ3v) is 4.48. The summed E-state index contributed by atoms with van der Waals surface area (Å²) in [7, 11) is 0. The maximum Gasteiger partial charge on any atom is 0.0666 e. The predicted molar refractivity (Wildman–Crippen MR) is 73.5 cm³/mol. The minimum atomic E-state index is 0.617. The maximum absolute atomic E-state index is 5.92. The zero-order valence-corrected chi connectivity index (χ0v) is 11.5. The van der Waals surface area contributed by atoms with E-state index in [1.165, 1.54) is 24.1 Å². The van der Waals surface area contributed by atoms with Crippen molar-refractivity contribution in [1.82, 2.24) is 0 Å². The van der Waals surface area contributed by atoms with E-state index in [-0.39, 0.29) is 0 Å². The van der Waals surface area contributed by atoms with Gasteiger partial charge in [0.05, 0.1) is 2.88 Å². The molecule has 74 valence electrons. The van der Waals surface area contributed by atoms with Crippen molar-refractivity contribution in [2.45, 2.75) is 19.2 Å². The number of rotatable bonds is 2. The van der Waals surface area contributed by atoms with Gasteiger partial charge in [-0.15, -0.1) is 22.9 Å². The first-order valence-corrected chi connectivity index (χ1v) is 6.94. The van der Waals surface area contributed by atoms with Crippen LogP contribution in [0.3, 0.4) is 0 Å². The molecule has 0 spiro atoms. The third-order valence-electron chi connectivity index (χ3n) is 2.33. The Morgan fingerprint density at radius 1 is 1.29 bits per heavy atom. The van der Waals surface area contributed by atoms with Crippen molar-refractivity contribution in [2.75, 3.05) is 0 Å². The quantitative estimate of drug-likeness (QED) is 0.545. The van der Waals surface area contributed by atoms with Crippen LogP contribution < -0.4 is 0 Å². The Hall–Kier alpha value is 0.200. The van der Waals surface area contributed by atoms with Gasteiger partial charge in [-0.05, 0) is 63.7 Å². The van der Waals surface area contributed by atoms with E-state index < -0.39 is 0 Å². The van der Waals surface area contributed by atoms with Crippen LogP contribution in [0.4, 0.5) is 0 Å². The van der Waals surface area contributed by atoms with Gasteiger partial charge in [0.15, 0.2) is 0 Å². The highest BCUT2D eigenvalue weighted by Crippen LogP contribution is 2.30. The largest absolute Gasteiger partial charge is 0.129 e. The molecule has 0 nitrogen and oxygen atoms in total. The smallest absolute Gasteiger partial charge is 0.0666 e. The molecule has 0 aliphatic heterocycles. The molecule has 0 N–H and O–H groups in total. The van der Waals surface area contributed by atoms with Gasteiger partial charge in [-0.2, -0.15) is 0 Å². The SMILES string of the molecule is CCc1cc2sc(I)cc2cc1CCl. The molecule has 0 saturated heterocycles. The number of hydrogen-bond acceptors (Lipinski definition) is 1. The van der Waals surface area contributed by atoms with Gasteiger partial charge in [-0.25, -0.2) is 0 Å². The lowest BCUT2D eigenvalue weighted by Crippen LogP contribution is -1.88. The maximum atomic E-state index is 5.92. The van der Waals surface area contributed by atoms with E-state index >= 15 is 0 Å². The van der Waals surface area contributed by atoms with E-state index in [1.807, 2.05) is 11.3 Å². The average molecular weight is 337 g/mol. The molecule has 0 aliphatic rings. The van der Waals surface area contributed by atoms with Crippen LogP contribution in [0.5, 0.6) is 0 Å². The van der Waals surface area contributed by atoms with Gasteiger partial charge in [0.2, 0.25) is 0 Å². The van der Waals surface area contributed by atoms with E-state index in [1.54, 1.807) is 0 Å². The number of fused-ring (bicyclic) bond motifs is 1. The highest BCUT2D eigenvalue weighted by molar-refractivity contribution is 14.1. The molecule has 0 aliphatic carbocycles. The van der Waals surface area contributed by atoms with Crippen LogP contribution in [-0.2, 0) is 12.3 Å². The molecule has 0 saturated carbocycles. The first-order valence-electron chi connectivity index (χ1n) is 4.51. The lowest BCUT2D eigenvalue weighted by molar-refractivity contribution is 1.11. The lowest BCUT2D eigenvalue weighted by Gasteiger charge is -2.04. The van der Waals surface area contributed by atoms with Crippen LogP contribution in [0.1, 0.15) is 18.1 Å². The summed E-state index contributed by atoms with van der Waals surface area (Å²) in [5.41, 5.74) is 2.65. The fourth-order valence-electron chi connectivity index (χ4n) is 1.60. The highest BCUT2D eigenvalue weighted by atomic mass is 127. The summed E-state index contributed by atoms with van der Waals surface area (Å²) >= 11 is 10.1. The molecule has 3 heteroatoms. The minimum absolute atomic E-state index is 0.617. The summed E-state index contributed by atoms with van der Waals surface area (Å²) < 4.78 is 2.71. The van der Waals surface area contributed by atoms with Crippen molar-refractivity contribution in [2.24, 2.45) is 0 Å². The second kappa shape index (κ2) is 4.37. The number of halogens is 2. The van der Waals surface area contributed by atoms with E-state index in [0.717, 1.165) is 6.42 Å². The van der Waals surface area contributed by atoms with Crippen LogP contribution in [0, 0.1) is 2.88 Å². The summed E-state index contributed by atoms with van der Waals surface area (Å²) in [6, 6.07) is 6.72. The molecule has 14 heavy (non-hydrogen) atoms. The topological polar surface area (TPSA) is 0 Å². The third kappa shape index (κ3) is 1.92. The first-order chi connectivity index (χ1) is 6.74. The molecule has 1 aromatic carbocycles. The van der Waals surface area contributed by atoms with E-state index in [4.69, 9.17) is 11.6 Å². The number of thiophene rings is 1. The first kappa shape index (κ1) is 10.7. The van der Waals surface area contributed by atoms with Crippen molar-refractivity contribution in [3.05, 3.63) is 32.2 Å². The summed E-state index contributed by atoms with van der Waals surface area (Å²) in [4.78, 5) is 0. The monoisotopic (exact) mass is 336 g/mol. The van der Waals surface area contributed by atoms with Crippen molar-refractivity contribution in [3.63, 3.8) is 0 Å². The van der Waals surface area contributed by atoms with Gasteiger partial charge in [0, 0.05) is 10.6 Å². The minimum Gasteiger partial charge on any atom is -0.129 e. The average Bonchev–Trinajstić information content (AvgIpc) is 2.54. The molecule has 1 heterocycles. The molecule has 1 aromatic heterocycles. The fourth-order valence-corrected chi connectivity index (χ4v) is 3.73.